The lowest BCUT2D eigenvalue weighted by Crippen LogP contribution is -2.35. The number of hydrogen-bond acceptors (Lipinski definition) is 3. The molecular weight excluding hydrogens is 214 g/mol. The van der Waals surface area contributed by atoms with E-state index < -0.39 is 0 Å². The summed E-state index contributed by atoms with van der Waals surface area (Å²) in [5.74, 6) is -0.0835. The zero-order valence-electron chi connectivity index (χ0n) is 9.46. The second kappa shape index (κ2) is 7.07. The molecule has 0 heterocycles. The second-order valence-electron chi connectivity index (χ2n) is 4.25. The maximum absolute atomic E-state index is 11.4. The van der Waals surface area contributed by atoms with Crippen LogP contribution < -0.4 is 5.73 Å². The Bertz CT molecular complexity index is 191. The Morgan fingerprint density at radius 1 is 1.33 bits per heavy atom. The summed E-state index contributed by atoms with van der Waals surface area (Å²) in [6.45, 7) is 2.93. The summed E-state index contributed by atoms with van der Waals surface area (Å²) in [6, 6.07) is 0. The van der Waals surface area contributed by atoms with E-state index in [1.54, 1.807) is 0 Å². The molecule has 0 aromatic heterocycles. The van der Waals surface area contributed by atoms with Crippen LogP contribution in [0, 0.1) is 5.41 Å². The number of carbonyl (C=O) groups excluding carboxylic acids is 1. The average Bonchev–Trinajstić information content (AvgIpc) is 2.19. The van der Waals surface area contributed by atoms with E-state index in [1.807, 2.05) is 6.92 Å². The average molecular weight is 236 g/mol. The van der Waals surface area contributed by atoms with Gasteiger partial charge in [0, 0.05) is 0 Å². The van der Waals surface area contributed by atoms with Crippen LogP contribution in [0.5, 0.6) is 0 Å². The van der Waals surface area contributed by atoms with Gasteiger partial charge in [-0.05, 0) is 31.7 Å². The van der Waals surface area contributed by atoms with Gasteiger partial charge in [-0.1, -0.05) is 19.3 Å². The molecule has 4 heteroatoms. The first kappa shape index (κ1) is 14.7. The molecule has 0 amide bonds. The van der Waals surface area contributed by atoms with Gasteiger partial charge in [0.15, 0.2) is 0 Å². The van der Waals surface area contributed by atoms with Crippen molar-refractivity contribution in [2.45, 2.75) is 45.4 Å². The molecule has 3 nitrogen and oxygen atoms in total. The Morgan fingerprint density at radius 2 is 1.93 bits per heavy atom. The molecule has 1 fully saturated rings. The molecular formula is C11H22ClNO2. The van der Waals surface area contributed by atoms with Crippen molar-refractivity contribution in [2.75, 3.05) is 13.2 Å². The van der Waals surface area contributed by atoms with Gasteiger partial charge in [0.2, 0.25) is 0 Å². The Labute approximate surface area is 98.2 Å². The van der Waals surface area contributed by atoms with Crippen LogP contribution in [0.3, 0.4) is 0 Å². The van der Waals surface area contributed by atoms with Crippen molar-refractivity contribution in [2.24, 2.45) is 11.1 Å². The van der Waals surface area contributed by atoms with Gasteiger partial charge < -0.3 is 10.5 Å². The quantitative estimate of drug-likeness (QED) is 0.761. The number of carbonyl (C=O) groups is 1. The Hall–Kier alpha value is -0.280. The van der Waals surface area contributed by atoms with E-state index >= 15 is 0 Å². The van der Waals surface area contributed by atoms with Crippen LogP contribution in [0.1, 0.15) is 45.4 Å². The van der Waals surface area contributed by atoms with Crippen LogP contribution in [0.25, 0.3) is 0 Å². The standard InChI is InChI=1S/C11H21NO2.ClH/c1-2-14-10(13)8-11(9-12)6-4-3-5-7-11;/h2-9,12H2,1H3;1H. The molecule has 0 spiro atoms. The van der Waals surface area contributed by atoms with Crippen molar-refractivity contribution in [3.05, 3.63) is 0 Å². The molecule has 90 valence electrons. The van der Waals surface area contributed by atoms with E-state index in [-0.39, 0.29) is 23.8 Å². The Morgan fingerprint density at radius 3 is 2.40 bits per heavy atom. The molecule has 1 aliphatic rings. The van der Waals surface area contributed by atoms with Gasteiger partial charge in [0.05, 0.1) is 13.0 Å². The fraction of sp³-hybridized carbons (Fsp3) is 0.909. The summed E-state index contributed by atoms with van der Waals surface area (Å²) in [4.78, 5) is 11.4. The predicted molar refractivity (Wildman–Crippen MR) is 63.1 cm³/mol. The largest absolute Gasteiger partial charge is 0.466 e. The number of halogens is 1. The van der Waals surface area contributed by atoms with E-state index in [1.165, 1.54) is 19.3 Å². The van der Waals surface area contributed by atoms with Gasteiger partial charge in [-0.2, -0.15) is 0 Å². The van der Waals surface area contributed by atoms with E-state index in [0.717, 1.165) is 12.8 Å². The normalized spacial score (nSPS) is 19.1. The Balaban J connectivity index is 0.00000196. The fourth-order valence-corrected chi connectivity index (χ4v) is 2.27. The van der Waals surface area contributed by atoms with Crippen molar-refractivity contribution < 1.29 is 9.53 Å². The summed E-state index contributed by atoms with van der Waals surface area (Å²) < 4.78 is 4.98. The smallest absolute Gasteiger partial charge is 0.306 e. The fourth-order valence-electron chi connectivity index (χ4n) is 2.27. The van der Waals surface area contributed by atoms with Gasteiger partial charge in [-0.3, -0.25) is 4.79 Å². The zero-order valence-corrected chi connectivity index (χ0v) is 10.3. The van der Waals surface area contributed by atoms with Crippen LogP contribution in [0.4, 0.5) is 0 Å². The maximum atomic E-state index is 11.4. The molecule has 1 saturated carbocycles. The summed E-state index contributed by atoms with van der Waals surface area (Å²) in [5, 5.41) is 0. The summed E-state index contributed by atoms with van der Waals surface area (Å²) in [6.07, 6.45) is 6.37. The first-order valence-corrected chi connectivity index (χ1v) is 5.58. The van der Waals surface area contributed by atoms with E-state index in [2.05, 4.69) is 0 Å². The minimum absolute atomic E-state index is 0. The lowest BCUT2D eigenvalue weighted by Gasteiger charge is -2.35. The molecule has 0 saturated heterocycles. The molecule has 0 radical (unpaired) electrons. The molecule has 0 atom stereocenters. The van der Waals surface area contributed by atoms with Gasteiger partial charge in [0.1, 0.15) is 0 Å². The van der Waals surface area contributed by atoms with Crippen LogP contribution in [-0.4, -0.2) is 19.1 Å². The Kier molecular flexibility index (Phi) is 6.94. The molecule has 0 aliphatic heterocycles. The third-order valence-electron chi connectivity index (χ3n) is 3.17. The van der Waals surface area contributed by atoms with Crippen LogP contribution >= 0.6 is 12.4 Å². The summed E-state index contributed by atoms with van der Waals surface area (Å²) >= 11 is 0. The minimum atomic E-state index is -0.0835. The first-order valence-electron chi connectivity index (χ1n) is 5.58. The molecule has 0 unspecified atom stereocenters. The zero-order chi connectivity index (χ0) is 10.4. The monoisotopic (exact) mass is 235 g/mol. The van der Waals surface area contributed by atoms with Crippen molar-refractivity contribution in [1.29, 1.82) is 0 Å². The topological polar surface area (TPSA) is 52.3 Å². The van der Waals surface area contributed by atoms with Crippen LogP contribution in [0.15, 0.2) is 0 Å². The van der Waals surface area contributed by atoms with E-state index in [4.69, 9.17) is 10.5 Å². The first-order chi connectivity index (χ1) is 6.72. The van der Waals surface area contributed by atoms with Crippen molar-refractivity contribution in [3.8, 4) is 0 Å². The summed E-state index contributed by atoms with van der Waals surface area (Å²) in [5.41, 5.74) is 5.82. The molecule has 0 aromatic carbocycles. The van der Waals surface area contributed by atoms with Crippen molar-refractivity contribution in [3.63, 3.8) is 0 Å². The highest BCUT2D eigenvalue weighted by atomic mass is 35.5. The number of nitrogens with two attached hydrogens (primary N) is 1. The maximum Gasteiger partial charge on any atom is 0.306 e. The van der Waals surface area contributed by atoms with E-state index in [0.29, 0.717) is 19.6 Å². The molecule has 0 aromatic rings. The number of esters is 1. The van der Waals surface area contributed by atoms with E-state index in [9.17, 15) is 4.79 Å². The molecule has 1 aliphatic carbocycles. The second-order valence-corrected chi connectivity index (χ2v) is 4.25. The molecule has 0 bridgehead atoms. The minimum Gasteiger partial charge on any atom is -0.466 e. The predicted octanol–water partition coefficient (Wildman–Crippen LogP) is 2.27. The highest BCUT2D eigenvalue weighted by Crippen LogP contribution is 2.38. The molecule has 1 rings (SSSR count). The third kappa shape index (κ3) is 4.39. The molecule has 2 N–H and O–H groups in total. The third-order valence-corrected chi connectivity index (χ3v) is 3.17. The SMILES string of the molecule is CCOC(=O)CC1(CN)CCCCC1.Cl. The lowest BCUT2D eigenvalue weighted by atomic mass is 9.72. The van der Waals surface area contributed by atoms with Crippen LogP contribution in [0.2, 0.25) is 0 Å². The van der Waals surface area contributed by atoms with Crippen molar-refractivity contribution >= 4 is 18.4 Å². The highest BCUT2D eigenvalue weighted by molar-refractivity contribution is 5.85. The van der Waals surface area contributed by atoms with Crippen molar-refractivity contribution in [1.82, 2.24) is 0 Å². The van der Waals surface area contributed by atoms with Gasteiger partial charge >= 0.3 is 5.97 Å². The molecule has 15 heavy (non-hydrogen) atoms. The number of rotatable bonds is 4. The number of ether oxygens (including phenoxy) is 1. The van der Waals surface area contributed by atoms with Gasteiger partial charge in [-0.15, -0.1) is 12.4 Å². The number of hydrogen-bond donors (Lipinski definition) is 1. The van der Waals surface area contributed by atoms with Crippen LogP contribution in [-0.2, 0) is 9.53 Å². The summed E-state index contributed by atoms with van der Waals surface area (Å²) in [7, 11) is 0. The van der Waals surface area contributed by atoms with Gasteiger partial charge in [0.25, 0.3) is 0 Å². The lowest BCUT2D eigenvalue weighted by molar-refractivity contribution is -0.146. The van der Waals surface area contributed by atoms with Gasteiger partial charge in [-0.25, -0.2) is 0 Å². The highest BCUT2D eigenvalue weighted by Gasteiger charge is 2.33.